The number of piperazine rings is 1. The molecule has 7 heteroatoms. The molecule has 0 aromatic heterocycles. The van der Waals surface area contributed by atoms with Crippen molar-refractivity contribution in [1.29, 1.82) is 0 Å². The van der Waals surface area contributed by atoms with E-state index >= 15 is 0 Å². The maximum Gasteiger partial charge on any atom is 0.254 e. The summed E-state index contributed by atoms with van der Waals surface area (Å²) in [5.74, 6) is 0.881. The quantitative estimate of drug-likeness (QED) is 0.520. The van der Waals surface area contributed by atoms with Crippen LogP contribution in [0.5, 0.6) is 11.5 Å². The number of fused-ring (bicyclic) bond motifs is 4. The first-order valence-electron chi connectivity index (χ1n) is 13.3. The third-order valence-corrected chi connectivity index (χ3v) is 8.22. The molecule has 2 atom stereocenters. The summed E-state index contributed by atoms with van der Waals surface area (Å²) in [4.78, 5) is 34.3. The lowest BCUT2D eigenvalue weighted by atomic mass is 9.75. The van der Waals surface area contributed by atoms with Gasteiger partial charge in [0, 0.05) is 44.8 Å². The molecule has 196 valence electrons. The number of amides is 2. The smallest absolute Gasteiger partial charge is 0.254 e. The van der Waals surface area contributed by atoms with Crippen LogP contribution in [0.15, 0.2) is 66.7 Å². The van der Waals surface area contributed by atoms with Gasteiger partial charge in [-0.25, -0.2) is 0 Å². The van der Waals surface area contributed by atoms with Crippen molar-refractivity contribution in [2.45, 2.75) is 24.9 Å². The molecule has 7 nitrogen and oxygen atoms in total. The Morgan fingerprint density at radius 3 is 2.26 bits per heavy atom. The molecule has 1 fully saturated rings. The second-order valence-electron chi connectivity index (χ2n) is 10.3. The molecule has 3 aromatic carbocycles. The summed E-state index contributed by atoms with van der Waals surface area (Å²) in [7, 11) is 3.24. The van der Waals surface area contributed by atoms with Crippen LogP contribution in [0.25, 0.3) is 0 Å². The second kappa shape index (κ2) is 10.1. The predicted molar refractivity (Wildman–Crippen MR) is 145 cm³/mol. The Hall–Kier alpha value is -3.84. The lowest BCUT2D eigenvalue weighted by molar-refractivity contribution is -0.136. The first kappa shape index (κ1) is 24.5. The van der Waals surface area contributed by atoms with E-state index in [1.165, 1.54) is 5.56 Å². The van der Waals surface area contributed by atoms with Crippen LogP contribution in [0.4, 0.5) is 0 Å². The predicted octanol–water partition coefficient (Wildman–Crippen LogP) is 3.89. The number of methoxy groups -OCH3 is 2. The van der Waals surface area contributed by atoms with Crippen LogP contribution < -0.4 is 9.47 Å². The molecular weight excluding hydrogens is 478 g/mol. The van der Waals surface area contributed by atoms with Gasteiger partial charge in [0.2, 0.25) is 5.91 Å². The van der Waals surface area contributed by atoms with Crippen molar-refractivity contribution >= 4 is 11.8 Å². The summed E-state index contributed by atoms with van der Waals surface area (Å²) in [6.07, 6.45) is 0.708. The molecule has 1 saturated heterocycles. The van der Waals surface area contributed by atoms with Crippen molar-refractivity contribution in [3.8, 4) is 11.5 Å². The molecule has 0 unspecified atom stereocenters. The fourth-order valence-electron chi connectivity index (χ4n) is 6.28. The molecule has 2 amide bonds. The first-order chi connectivity index (χ1) is 18.6. The molecule has 0 saturated carbocycles. The minimum Gasteiger partial charge on any atom is -0.493 e. The minimum atomic E-state index is -0.471. The summed E-state index contributed by atoms with van der Waals surface area (Å²) in [5.41, 5.74) is 4.80. The van der Waals surface area contributed by atoms with Gasteiger partial charge in [-0.3, -0.25) is 14.5 Å². The van der Waals surface area contributed by atoms with Crippen LogP contribution in [0.1, 0.15) is 44.6 Å². The molecule has 3 aliphatic rings. The van der Waals surface area contributed by atoms with Crippen molar-refractivity contribution in [2.75, 3.05) is 46.9 Å². The number of hydrogen-bond donors (Lipinski definition) is 0. The average molecular weight is 512 g/mol. The Balaban J connectivity index is 1.33. The van der Waals surface area contributed by atoms with Crippen molar-refractivity contribution in [3.63, 3.8) is 0 Å². The van der Waals surface area contributed by atoms with E-state index in [0.717, 1.165) is 36.3 Å². The average Bonchev–Trinajstić information content (AvgIpc) is 2.97. The number of carbonyl (C=O) groups excluding carboxylic acids is 2. The van der Waals surface area contributed by atoms with E-state index in [4.69, 9.17) is 9.47 Å². The Kier molecular flexibility index (Phi) is 6.54. The molecule has 0 radical (unpaired) electrons. The zero-order valence-corrected chi connectivity index (χ0v) is 21.9. The van der Waals surface area contributed by atoms with Gasteiger partial charge in [-0.1, -0.05) is 48.5 Å². The fraction of sp³-hybridized carbons (Fsp3) is 0.355. The number of hydrogen-bond acceptors (Lipinski definition) is 5. The Morgan fingerprint density at radius 2 is 1.53 bits per heavy atom. The highest BCUT2D eigenvalue weighted by Crippen LogP contribution is 2.48. The van der Waals surface area contributed by atoms with Crippen molar-refractivity contribution < 1.29 is 19.1 Å². The van der Waals surface area contributed by atoms with Crippen LogP contribution >= 0.6 is 0 Å². The zero-order valence-electron chi connectivity index (χ0n) is 21.9. The molecule has 0 spiro atoms. The number of nitrogens with zero attached hydrogens (tertiary/aromatic N) is 3. The van der Waals surface area contributed by atoms with Gasteiger partial charge in [0.15, 0.2) is 11.5 Å². The van der Waals surface area contributed by atoms with E-state index in [0.29, 0.717) is 43.1 Å². The monoisotopic (exact) mass is 511 g/mol. The first-order valence-corrected chi connectivity index (χ1v) is 13.3. The highest BCUT2D eigenvalue weighted by atomic mass is 16.5. The van der Waals surface area contributed by atoms with E-state index in [1.807, 2.05) is 52.3 Å². The molecule has 3 heterocycles. The molecular formula is C31H33N3O4. The van der Waals surface area contributed by atoms with Gasteiger partial charge >= 0.3 is 0 Å². The molecule has 0 bridgehead atoms. The third-order valence-electron chi connectivity index (χ3n) is 8.22. The van der Waals surface area contributed by atoms with E-state index < -0.39 is 5.92 Å². The summed E-state index contributed by atoms with van der Waals surface area (Å²) < 4.78 is 11.2. The van der Waals surface area contributed by atoms with Crippen LogP contribution in [-0.2, 0) is 17.8 Å². The molecule has 6 rings (SSSR count). The molecule has 3 aromatic rings. The summed E-state index contributed by atoms with van der Waals surface area (Å²) in [5, 5.41) is 0. The summed E-state index contributed by atoms with van der Waals surface area (Å²) in [6.45, 7) is 4.44. The van der Waals surface area contributed by atoms with Gasteiger partial charge in [0.25, 0.3) is 5.91 Å². The second-order valence-corrected chi connectivity index (χ2v) is 10.3. The maximum absolute atomic E-state index is 14.3. The minimum absolute atomic E-state index is 0.0113. The SMILES string of the molecule is COc1cc2c(cc1OC)[C@H]1[C@@H](C(=O)N3CCN(Cc4ccccc4)CC3)c3ccccc3C(=O)N1CC2. The topological polar surface area (TPSA) is 62.3 Å². The highest BCUT2D eigenvalue weighted by Gasteiger charge is 2.48. The van der Waals surface area contributed by atoms with Crippen LogP contribution in [-0.4, -0.2) is 73.5 Å². The highest BCUT2D eigenvalue weighted by molar-refractivity contribution is 6.01. The molecule has 38 heavy (non-hydrogen) atoms. The largest absolute Gasteiger partial charge is 0.493 e. The maximum atomic E-state index is 14.3. The van der Waals surface area contributed by atoms with Crippen molar-refractivity contribution in [2.24, 2.45) is 0 Å². The van der Waals surface area contributed by atoms with Gasteiger partial charge in [-0.05, 0) is 46.9 Å². The lowest BCUT2D eigenvalue weighted by Crippen LogP contribution is -2.54. The van der Waals surface area contributed by atoms with Crippen molar-refractivity contribution in [3.05, 3.63) is 94.5 Å². The Bertz CT molecular complexity index is 1350. The number of carbonyl (C=O) groups is 2. The Morgan fingerprint density at radius 1 is 0.842 bits per heavy atom. The molecule has 0 aliphatic carbocycles. The van der Waals surface area contributed by atoms with E-state index in [9.17, 15) is 9.59 Å². The van der Waals surface area contributed by atoms with E-state index in [-0.39, 0.29) is 17.9 Å². The standard InChI is InChI=1S/C31H33N3O4/c1-37-26-18-22-12-13-34-29(25(22)19-27(26)38-2)28(23-10-6-7-11-24(23)30(34)35)31(36)33-16-14-32(15-17-33)20-21-8-4-3-5-9-21/h3-11,18-19,28-29H,12-17,20H2,1-2H3/t28-,29-/m0/s1. The molecule has 0 N–H and O–H groups in total. The lowest BCUT2D eigenvalue weighted by Gasteiger charge is -2.47. The fourth-order valence-corrected chi connectivity index (χ4v) is 6.28. The van der Waals surface area contributed by atoms with Gasteiger partial charge in [-0.2, -0.15) is 0 Å². The van der Waals surface area contributed by atoms with Gasteiger partial charge in [0.1, 0.15) is 0 Å². The van der Waals surface area contributed by atoms with Crippen molar-refractivity contribution in [1.82, 2.24) is 14.7 Å². The van der Waals surface area contributed by atoms with Crippen LogP contribution in [0, 0.1) is 0 Å². The number of ether oxygens (including phenoxy) is 2. The van der Waals surface area contributed by atoms with Crippen LogP contribution in [0.3, 0.4) is 0 Å². The van der Waals surface area contributed by atoms with Crippen LogP contribution in [0.2, 0.25) is 0 Å². The number of benzene rings is 3. The zero-order chi connectivity index (χ0) is 26.2. The normalized spacial score (nSPS) is 20.8. The summed E-state index contributed by atoms with van der Waals surface area (Å²) in [6, 6.07) is 21.7. The summed E-state index contributed by atoms with van der Waals surface area (Å²) >= 11 is 0. The van der Waals surface area contributed by atoms with E-state index in [2.05, 4.69) is 29.2 Å². The Labute approximate surface area is 223 Å². The third kappa shape index (κ3) is 4.21. The van der Waals surface area contributed by atoms with Gasteiger partial charge in [-0.15, -0.1) is 0 Å². The van der Waals surface area contributed by atoms with Gasteiger partial charge < -0.3 is 19.3 Å². The molecule has 3 aliphatic heterocycles. The number of rotatable bonds is 5. The van der Waals surface area contributed by atoms with Gasteiger partial charge in [0.05, 0.1) is 26.2 Å². The van der Waals surface area contributed by atoms with E-state index in [1.54, 1.807) is 14.2 Å².